The van der Waals surface area contributed by atoms with Crippen LogP contribution in [0.25, 0.3) is 0 Å². The third-order valence-electron chi connectivity index (χ3n) is 5.64. The Balaban J connectivity index is 2.29. The molecule has 2 N–H and O–H groups in total. The minimum atomic E-state index is -0.325. The van der Waals surface area contributed by atoms with Crippen molar-refractivity contribution in [2.45, 2.75) is 59.6 Å². The van der Waals surface area contributed by atoms with Crippen LogP contribution in [-0.2, 0) is 4.74 Å². The maximum absolute atomic E-state index is 12.7. The number of hydrogen-bond acceptors (Lipinski definition) is 3. The second-order valence-electron chi connectivity index (χ2n) is 6.75. The molecular weight excluding hydrogens is 292 g/mol. The summed E-state index contributed by atoms with van der Waals surface area (Å²) in [5.41, 5.74) is 1.29. The third kappa shape index (κ3) is 2.71. The molecule has 1 aromatic heterocycles. The van der Waals surface area contributed by atoms with Gasteiger partial charge in [-0.25, -0.2) is 0 Å². The van der Waals surface area contributed by atoms with Gasteiger partial charge in [0.2, 0.25) is 0 Å². The number of methoxy groups -OCH3 is 1. The summed E-state index contributed by atoms with van der Waals surface area (Å²) in [6.45, 7) is 9.96. The first-order valence-electron chi connectivity index (χ1n) is 8.36. The average Bonchev–Trinajstić information content (AvgIpc) is 2.48. The Kier molecular flexibility index (Phi) is 4.99. The Labute approximate surface area is 137 Å². The average molecular weight is 320 g/mol. The van der Waals surface area contributed by atoms with Gasteiger partial charge in [0.1, 0.15) is 5.56 Å². The van der Waals surface area contributed by atoms with E-state index in [1.165, 1.54) is 0 Å². The number of aromatic nitrogens is 1. The molecule has 1 aliphatic carbocycles. The van der Waals surface area contributed by atoms with Gasteiger partial charge in [0.05, 0.1) is 6.10 Å². The standard InChI is InChI=1S/C18H28N2O3/c1-7-18(8-2)14(12(5)15(18)23-6)20-17(22)13-10(3)9-11(4)19-16(13)21/h9,12,14-15H,7-8H2,1-6H3,(H,19,21)(H,20,22). The second-order valence-corrected chi connectivity index (χ2v) is 6.75. The Hall–Kier alpha value is -1.62. The number of carbonyl (C=O) groups is 1. The molecule has 0 aliphatic heterocycles. The van der Waals surface area contributed by atoms with Crippen LogP contribution in [0, 0.1) is 25.2 Å². The van der Waals surface area contributed by atoms with Crippen molar-refractivity contribution in [3.8, 4) is 0 Å². The minimum absolute atomic E-state index is 0.0232. The number of rotatable bonds is 5. The number of aromatic amines is 1. The van der Waals surface area contributed by atoms with Crippen LogP contribution in [0.3, 0.4) is 0 Å². The molecule has 3 atom stereocenters. The molecule has 0 aromatic carbocycles. The van der Waals surface area contributed by atoms with Crippen molar-refractivity contribution in [2.24, 2.45) is 11.3 Å². The molecule has 1 aliphatic rings. The van der Waals surface area contributed by atoms with Gasteiger partial charge in [-0.15, -0.1) is 0 Å². The van der Waals surface area contributed by atoms with Crippen LogP contribution in [0.15, 0.2) is 10.9 Å². The predicted octanol–water partition coefficient (Wildman–Crippen LogP) is 2.56. The number of ether oxygens (including phenoxy) is 1. The molecule has 2 rings (SSSR count). The molecular formula is C18H28N2O3. The van der Waals surface area contributed by atoms with Gasteiger partial charge in [-0.05, 0) is 38.3 Å². The van der Waals surface area contributed by atoms with Crippen LogP contribution in [0.2, 0.25) is 0 Å². The zero-order valence-corrected chi connectivity index (χ0v) is 14.9. The van der Waals surface area contributed by atoms with E-state index in [-0.39, 0.29) is 40.5 Å². The van der Waals surface area contributed by atoms with E-state index in [9.17, 15) is 9.59 Å². The first kappa shape index (κ1) is 17.7. The molecule has 0 spiro atoms. The summed E-state index contributed by atoms with van der Waals surface area (Å²) in [5, 5.41) is 3.10. The molecule has 1 aromatic rings. The molecule has 0 saturated heterocycles. The summed E-state index contributed by atoms with van der Waals surface area (Å²) in [4.78, 5) is 27.5. The van der Waals surface area contributed by atoms with Crippen LogP contribution in [0.4, 0.5) is 0 Å². The lowest BCUT2D eigenvalue weighted by Crippen LogP contribution is -2.70. The highest BCUT2D eigenvalue weighted by molar-refractivity contribution is 5.95. The SMILES string of the molecule is CCC1(CC)C(NC(=O)c2c(C)cc(C)[nH]c2=O)C(C)C1OC. The smallest absolute Gasteiger partial charge is 0.261 e. The molecule has 1 heterocycles. The van der Waals surface area contributed by atoms with Crippen LogP contribution >= 0.6 is 0 Å². The molecule has 1 amide bonds. The lowest BCUT2D eigenvalue weighted by Gasteiger charge is -2.59. The highest BCUT2D eigenvalue weighted by Gasteiger charge is 2.59. The van der Waals surface area contributed by atoms with Gasteiger partial charge in [0.15, 0.2) is 0 Å². The quantitative estimate of drug-likeness (QED) is 0.876. The van der Waals surface area contributed by atoms with Gasteiger partial charge in [0, 0.05) is 30.2 Å². The van der Waals surface area contributed by atoms with Gasteiger partial charge < -0.3 is 15.0 Å². The minimum Gasteiger partial charge on any atom is -0.380 e. The van der Waals surface area contributed by atoms with E-state index in [4.69, 9.17) is 4.74 Å². The number of pyridine rings is 1. The van der Waals surface area contributed by atoms with Crippen LogP contribution in [0.5, 0.6) is 0 Å². The summed E-state index contributed by atoms with van der Waals surface area (Å²) in [6, 6.07) is 1.85. The first-order chi connectivity index (χ1) is 10.8. The van der Waals surface area contributed by atoms with E-state index in [2.05, 4.69) is 31.1 Å². The van der Waals surface area contributed by atoms with Crippen molar-refractivity contribution < 1.29 is 9.53 Å². The van der Waals surface area contributed by atoms with Gasteiger partial charge in [0.25, 0.3) is 11.5 Å². The Morgan fingerprint density at radius 1 is 1.35 bits per heavy atom. The van der Waals surface area contributed by atoms with Crippen molar-refractivity contribution in [3.63, 3.8) is 0 Å². The van der Waals surface area contributed by atoms with Gasteiger partial charge in [-0.1, -0.05) is 20.8 Å². The number of nitrogens with one attached hydrogen (secondary N) is 2. The molecule has 0 bridgehead atoms. The van der Waals surface area contributed by atoms with Crippen LogP contribution in [0.1, 0.15) is 55.2 Å². The fourth-order valence-electron chi connectivity index (χ4n) is 4.45. The van der Waals surface area contributed by atoms with E-state index in [1.807, 2.05) is 13.0 Å². The molecule has 5 nitrogen and oxygen atoms in total. The van der Waals surface area contributed by atoms with Gasteiger partial charge in [-0.2, -0.15) is 0 Å². The summed E-state index contributed by atoms with van der Waals surface area (Å²) >= 11 is 0. The molecule has 1 fully saturated rings. The zero-order valence-electron chi connectivity index (χ0n) is 14.9. The fourth-order valence-corrected chi connectivity index (χ4v) is 4.45. The highest BCUT2D eigenvalue weighted by atomic mass is 16.5. The van der Waals surface area contributed by atoms with Crippen molar-refractivity contribution in [3.05, 3.63) is 33.2 Å². The summed E-state index contributed by atoms with van der Waals surface area (Å²) in [5.74, 6) is -0.0601. The van der Waals surface area contributed by atoms with E-state index in [0.717, 1.165) is 18.5 Å². The van der Waals surface area contributed by atoms with Crippen molar-refractivity contribution in [2.75, 3.05) is 7.11 Å². The molecule has 1 saturated carbocycles. The van der Waals surface area contributed by atoms with E-state index in [0.29, 0.717) is 5.56 Å². The zero-order chi connectivity index (χ0) is 17.4. The number of carbonyl (C=O) groups excluding carboxylic acids is 1. The lowest BCUT2D eigenvalue weighted by atomic mass is 9.53. The number of aryl methyl sites for hydroxylation is 2. The number of hydrogen-bond donors (Lipinski definition) is 2. The van der Waals surface area contributed by atoms with E-state index < -0.39 is 0 Å². The highest BCUT2D eigenvalue weighted by Crippen LogP contribution is 2.52. The first-order valence-corrected chi connectivity index (χ1v) is 8.36. The second kappa shape index (κ2) is 6.48. The van der Waals surface area contributed by atoms with Crippen LogP contribution in [-0.4, -0.2) is 30.1 Å². The molecule has 3 unspecified atom stereocenters. The van der Waals surface area contributed by atoms with E-state index in [1.54, 1.807) is 14.0 Å². The van der Waals surface area contributed by atoms with Crippen LogP contribution < -0.4 is 10.9 Å². The van der Waals surface area contributed by atoms with E-state index >= 15 is 0 Å². The Morgan fingerprint density at radius 2 is 1.96 bits per heavy atom. The normalized spacial score (nSPS) is 25.7. The molecule has 23 heavy (non-hydrogen) atoms. The van der Waals surface area contributed by atoms with Crippen molar-refractivity contribution >= 4 is 5.91 Å². The molecule has 0 radical (unpaired) electrons. The summed E-state index contributed by atoms with van der Waals surface area (Å²) in [6.07, 6.45) is 2.00. The predicted molar refractivity (Wildman–Crippen MR) is 90.8 cm³/mol. The number of amides is 1. The number of H-pyrrole nitrogens is 1. The fraction of sp³-hybridized carbons (Fsp3) is 0.667. The monoisotopic (exact) mass is 320 g/mol. The summed E-state index contributed by atoms with van der Waals surface area (Å²) in [7, 11) is 1.73. The summed E-state index contributed by atoms with van der Waals surface area (Å²) < 4.78 is 5.66. The molecule has 5 heteroatoms. The lowest BCUT2D eigenvalue weighted by molar-refractivity contribution is -0.164. The van der Waals surface area contributed by atoms with Gasteiger partial charge >= 0.3 is 0 Å². The Morgan fingerprint density at radius 3 is 2.43 bits per heavy atom. The Bertz CT molecular complexity index is 646. The maximum atomic E-state index is 12.7. The van der Waals surface area contributed by atoms with Gasteiger partial charge in [-0.3, -0.25) is 9.59 Å². The van der Waals surface area contributed by atoms with Crippen molar-refractivity contribution in [1.82, 2.24) is 10.3 Å². The third-order valence-corrected chi connectivity index (χ3v) is 5.64. The topological polar surface area (TPSA) is 71.2 Å². The maximum Gasteiger partial charge on any atom is 0.261 e. The van der Waals surface area contributed by atoms with Crippen molar-refractivity contribution in [1.29, 1.82) is 0 Å². The molecule has 128 valence electrons. The largest absolute Gasteiger partial charge is 0.380 e.